The summed E-state index contributed by atoms with van der Waals surface area (Å²) in [7, 11) is 0. The van der Waals surface area contributed by atoms with Crippen molar-refractivity contribution in [3.63, 3.8) is 0 Å². The molecule has 0 fully saturated rings. The van der Waals surface area contributed by atoms with Crippen LogP contribution in [0.1, 0.15) is 5.56 Å². The van der Waals surface area contributed by atoms with Crippen molar-refractivity contribution in [1.29, 1.82) is 0 Å². The Morgan fingerprint density at radius 3 is 1.13 bits per heavy atom. The van der Waals surface area contributed by atoms with Gasteiger partial charge in [0.05, 0.1) is 44.5 Å². The summed E-state index contributed by atoms with van der Waals surface area (Å²) in [6.45, 7) is 2.24. The molecule has 0 unspecified atom stereocenters. The predicted octanol–water partition coefficient (Wildman–Crippen LogP) is 16.7. The molecule has 0 radical (unpaired) electrons. The van der Waals surface area contributed by atoms with Gasteiger partial charge in [-0.05, 0) is 102 Å². The van der Waals surface area contributed by atoms with E-state index in [1.807, 2.05) is 24.3 Å². The van der Waals surface area contributed by atoms with Crippen molar-refractivity contribution in [3.8, 4) is 62.1 Å². The predicted molar refractivity (Wildman–Crippen MR) is 292 cm³/mol. The van der Waals surface area contributed by atoms with Gasteiger partial charge in [-0.2, -0.15) is 0 Å². The van der Waals surface area contributed by atoms with Crippen molar-refractivity contribution in [2.24, 2.45) is 0 Å². The highest BCUT2D eigenvalue weighted by Gasteiger charge is 2.20. The lowest BCUT2D eigenvalue weighted by molar-refractivity contribution is 1.14. The summed E-state index contributed by atoms with van der Waals surface area (Å²) < 4.78 is 7.30. The number of aromatic nitrogens is 5. The Bertz CT molecular complexity index is 4010. The summed E-state index contributed by atoms with van der Waals surface area (Å²) >= 11 is 0. The molecule has 0 aliphatic carbocycles. The lowest BCUT2D eigenvalue weighted by Gasteiger charge is -2.14. The Morgan fingerprint density at radius 2 is 0.657 bits per heavy atom. The zero-order valence-electron chi connectivity index (χ0n) is 38.3. The van der Waals surface area contributed by atoms with E-state index in [2.05, 4.69) is 239 Å². The van der Waals surface area contributed by atoms with E-state index >= 15 is 0 Å². The summed E-state index contributed by atoms with van der Waals surface area (Å²) in [5.41, 5.74) is 18.9. The van der Waals surface area contributed by atoms with Crippen LogP contribution < -0.4 is 0 Å². The van der Waals surface area contributed by atoms with E-state index < -0.39 is 0 Å². The Balaban J connectivity index is 0.905. The zero-order valence-corrected chi connectivity index (χ0v) is 38.3. The minimum Gasteiger partial charge on any atom is -0.309 e. The lowest BCUT2D eigenvalue weighted by atomic mass is 9.99. The molecule has 0 amide bonds. The van der Waals surface area contributed by atoms with Crippen molar-refractivity contribution in [3.05, 3.63) is 248 Å². The first kappa shape index (κ1) is 39.8. The van der Waals surface area contributed by atoms with E-state index in [0.717, 1.165) is 67.3 Å². The first-order valence-electron chi connectivity index (χ1n) is 23.9. The molecule has 4 aromatic heterocycles. The maximum absolute atomic E-state index is 5.08. The van der Waals surface area contributed by atoms with Gasteiger partial charge >= 0.3 is 0 Å². The summed E-state index contributed by atoms with van der Waals surface area (Å²) in [4.78, 5) is 10.1. The molecule has 0 aliphatic rings. The normalized spacial score (nSPS) is 11.8. The Kier molecular flexibility index (Phi) is 9.04. The summed E-state index contributed by atoms with van der Waals surface area (Å²) in [6.07, 6.45) is 0. The fraction of sp³-hybridized carbons (Fsp3) is 0.0154. The van der Waals surface area contributed by atoms with Crippen LogP contribution in [0.5, 0.6) is 0 Å². The minimum atomic E-state index is 0.711. The van der Waals surface area contributed by atoms with Crippen LogP contribution in [0.2, 0.25) is 0 Å². The average Bonchev–Trinajstić information content (AvgIpc) is 4.06. The number of para-hydroxylation sites is 4. The van der Waals surface area contributed by atoms with Gasteiger partial charge in [-0.15, -0.1) is 0 Å². The molecule has 328 valence electrons. The third-order valence-corrected chi connectivity index (χ3v) is 14.2. The molecule has 0 atom stereocenters. The van der Waals surface area contributed by atoms with E-state index in [0.29, 0.717) is 5.82 Å². The fourth-order valence-corrected chi connectivity index (χ4v) is 10.9. The molecular weight excluding hydrogens is 851 g/mol. The van der Waals surface area contributed by atoms with Gasteiger partial charge in [0.1, 0.15) is 0 Å². The summed E-state index contributed by atoms with van der Waals surface area (Å²) in [5, 5.41) is 7.41. The molecule has 70 heavy (non-hydrogen) atoms. The number of hydrogen-bond donors (Lipinski definition) is 0. The highest BCUT2D eigenvalue weighted by atomic mass is 15.0. The number of fused-ring (bicyclic) bond motifs is 9. The van der Waals surface area contributed by atoms with Gasteiger partial charge < -0.3 is 13.7 Å². The van der Waals surface area contributed by atoms with Crippen LogP contribution >= 0.6 is 0 Å². The molecule has 0 aliphatic heterocycles. The van der Waals surface area contributed by atoms with Crippen LogP contribution in [-0.2, 0) is 0 Å². The molecular formula is C65H43N5. The first-order chi connectivity index (χ1) is 34.6. The van der Waals surface area contributed by atoms with Crippen molar-refractivity contribution < 1.29 is 0 Å². The van der Waals surface area contributed by atoms with Crippen LogP contribution in [0, 0.1) is 6.92 Å². The molecule has 5 heteroatoms. The number of benzene rings is 10. The zero-order chi connectivity index (χ0) is 46.3. The van der Waals surface area contributed by atoms with Crippen molar-refractivity contribution >= 4 is 65.4 Å². The highest BCUT2D eigenvalue weighted by Crippen LogP contribution is 2.41. The Morgan fingerprint density at radius 1 is 0.271 bits per heavy atom. The molecule has 0 saturated heterocycles. The minimum absolute atomic E-state index is 0.711. The molecule has 0 bridgehead atoms. The van der Waals surface area contributed by atoms with Crippen LogP contribution in [0.15, 0.2) is 243 Å². The lowest BCUT2D eigenvalue weighted by Crippen LogP contribution is -1.99. The molecule has 0 saturated carbocycles. The highest BCUT2D eigenvalue weighted by molar-refractivity contribution is 6.14. The van der Waals surface area contributed by atoms with Gasteiger partial charge in [-0.25, -0.2) is 9.97 Å². The van der Waals surface area contributed by atoms with Gasteiger partial charge in [0.15, 0.2) is 5.82 Å². The van der Waals surface area contributed by atoms with E-state index in [9.17, 15) is 0 Å². The fourth-order valence-electron chi connectivity index (χ4n) is 10.9. The van der Waals surface area contributed by atoms with Crippen LogP contribution in [0.25, 0.3) is 128 Å². The second-order valence-electron chi connectivity index (χ2n) is 18.3. The average molecular weight is 894 g/mol. The third kappa shape index (κ3) is 6.33. The van der Waals surface area contributed by atoms with Gasteiger partial charge in [0.2, 0.25) is 0 Å². The van der Waals surface area contributed by atoms with Crippen molar-refractivity contribution in [2.45, 2.75) is 6.92 Å². The molecule has 14 aromatic rings. The quantitative estimate of drug-likeness (QED) is 0.160. The number of aryl methyl sites for hydroxylation is 1. The second-order valence-corrected chi connectivity index (χ2v) is 18.3. The van der Waals surface area contributed by atoms with Crippen molar-refractivity contribution in [2.75, 3.05) is 0 Å². The molecule has 10 aromatic carbocycles. The van der Waals surface area contributed by atoms with E-state index in [1.165, 1.54) is 59.9 Å². The maximum Gasteiger partial charge on any atom is 0.160 e. The van der Waals surface area contributed by atoms with Crippen LogP contribution in [-0.4, -0.2) is 23.7 Å². The van der Waals surface area contributed by atoms with Crippen LogP contribution in [0.4, 0.5) is 0 Å². The Labute approximate surface area is 404 Å². The molecule has 0 N–H and O–H groups in total. The van der Waals surface area contributed by atoms with Crippen LogP contribution in [0.3, 0.4) is 0 Å². The number of hydrogen-bond acceptors (Lipinski definition) is 2. The van der Waals surface area contributed by atoms with Gasteiger partial charge in [0.25, 0.3) is 0 Å². The second kappa shape index (κ2) is 15.9. The molecule has 0 spiro atoms. The summed E-state index contributed by atoms with van der Waals surface area (Å²) in [6, 6.07) is 87.3. The molecule has 4 heterocycles. The topological polar surface area (TPSA) is 40.6 Å². The van der Waals surface area contributed by atoms with Crippen molar-refractivity contribution in [1.82, 2.24) is 23.7 Å². The van der Waals surface area contributed by atoms with E-state index in [4.69, 9.17) is 9.97 Å². The van der Waals surface area contributed by atoms with Gasteiger partial charge in [-0.3, -0.25) is 0 Å². The van der Waals surface area contributed by atoms with Gasteiger partial charge in [-0.1, -0.05) is 164 Å². The number of rotatable bonds is 7. The largest absolute Gasteiger partial charge is 0.309 e. The number of nitrogens with zero attached hydrogens (tertiary/aromatic N) is 5. The first-order valence-corrected chi connectivity index (χ1v) is 23.9. The molecule has 5 nitrogen and oxygen atoms in total. The van der Waals surface area contributed by atoms with E-state index in [1.54, 1.807) is 0 Å². The Hall–Kier alpha value is -9.32. The third-order valence-electron chi connectivity index (χ3n) is 14.2. The van der Waals surface area contributed by atoms with E-state index in [-0.39, 0.29) is 0 Å². The summed E-state index contributed by atoms with van der Waals surface area (Å²) in [5.74, 6) is 0.711. The van der Waals surface area contributed by atoms with Gasteiger partial charge in [0, 0.05) is 66.1 Å². The SMILES string of the molecule is Cc1cc(-c2ccc(-c3cc(-c4ccccc4)nc(-c4ccccc4)n3)cc2)ccc1-n1c2ccc(-n3c4ccccc4c4ccccc43)cc2c2cc(-n3c4ccccc4c4ccccc43)ccc21. The molecule has 14 rings (SSSR count). The monoisotopic (exact) mass is 893 g/mol. The standard InChI is InChI=1S/C65H43N5/c1-42-38-47(43-28-30-45(31-29-43)57-41-56(44-16-4-2-5-17-44)66-65(67-57)46-18-6-3-7-19-46)32-35-58(42)70-63-36-33-48(68-59-24-12-8-20-50(59)51-21-9-13-25-60(51)68)39-54(63)55-40-49(34-37-64(55)70)69-61-26-14-10-22-52(61)53-23-11-15-27-62(53)69/h2-41H,1H3. The smallest absolute Gasteiger partial charge is 0.160 e. The maximum atomic E-state index is 5.08.